The molecule has 0 spiro atoms. The summed E-state index contributed by atoms with van der Waals surface area (Å²) in [5.74, 6) is 0. The predicted molar refractivity (Wildman–Crippen MR) is 119 cm³/mol. The Balaban J connectivity index is 1.49. The molecule has 158 valence electrons. The largest absolute Gasteiger partial charge is 0.416 e. The van der Waals surface area contributed by atoms with Crippen LogP contribution in [0.25, 0.3) is 10.8 Å². The molecule has 32 heavy (non-hydrogen) atoms. The van der Waals surface area contributed by atoms with Crippen LogP contribution < -0.4 is 0 Å². The van der Waals surface area contributed by atoms with E-state index in [4.69, 9.17) is 0 Å². The van der Waals surface area contributed by atoms with Gasteiger partial charge in [0.2, 0.25) is 0 Å². The number of halogens is 3. The molecule has 0 aliphatic carbocycles. The standard InChI is InChI=1S/C24H16F3N5/c1-28-22-14-15-23(21-5-3-2-4-20(21)22)32-31-19-12-10-18(11-13-19)30-29-17-8-6-16(7-9-17)24(25,26)27/h2-15H,1H2/b30-29+,32-31+. The fourth-order valence-corrected chi connectivity index (χ4v) is 3.02. The van der Waals surface area contributed by atoms with Crippen LogP contribution >= 0.6 is 0 Å². The molecular weight excluding hydrogens is 415 g/mol. The summed E-state index contributed by atoms with van der Waals surface area (Å²) in [7, 11) is 0. The van der Waals surface area contributed by atoms with Gasteiger partial charge >= 0.3 is 6.18 Å². The second kappa shape index (κ2) is 8.89. The van der Waals surface area contributed by atoms with Crippen molar-refractivity contribution < 1.29 is 13.2 Å². The van der Waals surface area contributed by atoms with E-state index in [1.807, 2.05) is 36.4 Å². The summed E-state index contributed by atoms with van der Waals surface area (Å²) in [5.41, 5.74) is 2.24. The summed E-state index contributed by atoms with van der Waals surface area (Å²) >= 11 is 0. The van der Waals surface area contributed by atoms with Gasteiger partial charge in [0.1, 0.15) is 0 Å². The molecule has 0 aromatic heterocycles. The summed E-state index contributed by atoms with van der Waals surface area (Å²) < 4.78 is 37.8. The van der Waals surface area contributed by atoms with E-state index >= 15 is 0 Å². The van der Waals surface area contributed by atoms with Crippen molar-refractivity contribution in [1.29, 1.82) is 0 Å². The van der Waals surface area contributed by atoms with Gasteiger partial charge in [0.05, 0.1) is 34.0 Å². The maximum atomic E-state index is 12.6. The molecule has 4 aromatic carbocycles. The zero-order valence-electron chi connectivity index (χ0n) is 16.7. The lowest BCUT2D eigenvalue weighted by Crippen LogP contribution is -2.03. The van der Waals surface area contributed by atoms with Gasteiger partial charge in [-0.2, -0.15) is 28.5 Å². The number of alkyl halides is 3. The van der Waals surface area contributed by atoms with Gasteiger partial charge < -0.3 is 0 Å². The molecular formula is C24H16F3N5. The molecule has 5 nitrogen and oxygen atoms in total. The van der Waals surface area contributed by atoms with Crippen molar-refractivity contribution in [2.45, 2.75) is 6.18 Å². The summed E-state index contributed by atoms with van der Waals surface area (Å²) in [5, 5.41) is 18.5. The fourth-order valence-electron chi connectivity index (χ4n) is 3.02. The van der Waals surface area contributed by atoms with Crippen LogP contribution in [-0.4, -0.2) is 6.72 Å². The molecule has 0 aliphatic rings. The summed E-state index contributed by atoms with van der Waals surface area (Å²) in [6.07, 6.45) is -4.38. The molecule has 0 unspecified atom stereocenters. The lowest BCUT2D eigenvalue weighted by atomic mass is 10.1. The van der Waals surface area contributed by atoms with Gasteiger partial charge in [-0.1, -0.05) is 24.3 Å². The van der Waals surface area contributed by atoms with Crippen molar-refractivity contribution in [1.82, 2.24) is 0 Å². The minimum absolute atomic E-state index is 0.325. The van der Waals surface area contributed by atoms with Crippen LogP contribution in [0.5, 0.6) is 0 Å². The van der Waals surface area contributed by atoms with Crippen LogP contribution in [-0.2, 0) is 6.18 Å². The van der Waals surface area contributed by atoms with Gasteiger partial charge in [-0.15, -0.1) is 5.11 Å². The van der Waals surface area contributed by atoms with Crippen LogP contribution in [0.1, 0.15) is 5.56 Å². The minimum atomic E-state index is -4.38. The average Bonchev–Trinajstić information content (AvgIpc) is 2.81. The molecule has 0 radical (unpaired) electrons. The molecule has 4 aromatic rings. The smallest absolute Gasteiger partial charge is 0.264 e. The van der Waals surface area contributed by atoms with Crippen LogP contribution in [0.2, 0.25) is 0 Å². The second-order valence-electron chi connectivity index (χ2n) is 6.77. The highest BCUT2D eigenvalue weighted by atomic mass is 19.4. The van der Waals surface area contributed by atoms with E-state index in [-0.39, 0.29) is 0 Å². The Hall–Kier alpha value is -4.20. The van der Waals surface area contributed by atoms with Gasteiger partial charge in [-0.05, 0) is 67.4 Å². The van der Waals surface area contributed by atoms with E-state index in [2.05, 4.69) is 32.2 Å². The van der Waals surface area contributed by atoms with Crippen LogP contribution in [0, 0.1) is 0 Å². The lowest BCUT2D eigenvalue weighted by molar-refractivity contribution is -0.137. The highest BCUT2D eigenvalue weighted by Crippen LogP contribution is 2.34. The highest BCUT2D eigenvalue weighted by molar-refractivity contribution is 6.00. The normalized spacial score (nSPS) is 12.1. The van der Waals surface area contributed by atoms with Gasteiger partial charge in [0, 0.05) is 10.8 Å². The van der Waals surface area contributed by atoms with Crippen LogP contribution in [0.4, 0.5) is 41.6 Å². The number of benzene rings is 4. The third-order valence-electron chi connectivity index (χ3n) is 4.65. The van der Waals surface area contributed by atoms with Gasteiger partial charge in [0.15, 0.2) is 0 Å². The van der Waals surface area contributed by atoms with Crippen LogP contribution in [0.15, 0.2) is 110 Å². The number of rotatable bonds is 5. The lowest BCUT2D eigenvalue weighted by Gasteiger charge is -2.05. The van der Waals surface area contributed by atoms with Crippen LogP contribution in [0.3, 0.4) is 0 Å². The Morgan fingerprint density at radius 1 is 0.531 bits per heavy atom. The summed E-state index contributed by atoms with van der Waals surface area (Å²) in [6, 6.07) is 22.8. The maximum Gasteiger partial charge on any atom is 0.416 e. The van der Waals surface area contributed by atoms with E-state index in [0.717, 1.165) is 28.6 Å². The second-order valence-corrected chi connectivity index (χ2v) is 6.77. The molecule has 0 amide bonds. The first kappa shape index (κ1) is 21.0. The Kier molecular flexibility index (Phi) is 5.85. The predicted octanol–water partition coefficient (Wildman–Crippen LogP) is 9.02. The van der Waals surface area contributed by atoms with Gasteiger partial charge in [0.25, 0.3) is 0 Å². The minimum Gasteiger partial charge on any atom is -0.264 e. The number of nitrogens with zero attached hydrogens (tertiary/aromatic N) is 5. The average molecular weight is 431 g/mol. The van der Waals surface area contributed by atoms with Crippen molar-refractivity contribution in [2.24, 2.45) is 25.4 Å². The molecule has 0 aliphatic heterocycles. The Bertz CT molecular complexity index is 1310. The van der Waals surface area contributed by atoms with E-state index in [9.17, 15) is 13.2 Å². The van der Waals surface area contributed by atoms with Crippen molar-refractivity contribution in [3.63, 3.8) is 0 Å². The van der Waals surface area contributed by atoms with Crippen molar-refractivity contribution in [3.05, 3.63) is 90.5 Å². The number of hydrogen-bond acceptors (Lipinski definition) is 5. The Morgan fingerprint density at radius 3 is 1.47 bits per heavy atom. The summed E-state index contributed by atoms with van der Waals surface area (Å²) in [4.78, 5) is 4.03. The third-order valence-corrected chi connectivity index (χ3v) is 4.65. The van der Waals surface area contributed by atoms with E-state index in [1.165, 1.54) is 12.1 Å². The number of azo groups is 2. The van der Waals surface area contributed by atoms with E-state index < -0.39 is 11.7 Å². The van der Waals surface area contributed by atoms with Crippen molar-refractivity contribution >= 4 is 45.9 Å². The van der Waals surface area contributed by atoms with Gasteiger partial charge in [-0.3, -0.25) is 4.99 Å². The van der Waals surface area contributed by atoms with Crippen molar-refractivity contribution in [3.8, 4) is 0 Å². The topological polar surface area (TPSA) is 61.8 Å². The van der Waals surface area contributed by atoms with E-state index in [1.54, 1.807) is 24.3 Å². The Labute approximate surface area is 181 Å². The first-order valence-corrected chi connectivity index (χ1v) is 9.53. The molecule has 0 saturated heterocycles. The van der Waals surface area contributed by atoms with E-state index in [0.29, 0.717) is 22.7 Å². The molecule has 0 fully saturated rings. The first-order valence-electron chi connectivity index (χ1n) is 9.53. The zero-order valence-corrected chi connectivity index (χ0v) is 16.7. The SMILES string of the molecule is C=Nc1ccc(/N=N/c2ccc(/N=N/c3ccc(C(F)(F)F)cc3)cc2)c2ccccc12. The quantitative estimate of drug-likeness (QED) is 0.224. The van der Waals surface area contributed by atoms with Crippen molar-refractivity contribution in [2.75, 3.05) is 0 Å². The number of aliphatic imine (C=N–C) groups is 1. The molecule has 0 N–H and O–H groups in total. The molecule has 0 saturated carbocycles. The van der Waals surface area contributed by atoms with Gasteiger partial charge in [-0.25, -0.2) is 0 Å². The number of hydrogen-bond donors (Lipinski definition) is 0. The first-order chi connectivity index (χ1) is 15.4. The fraction of sp³-hybridized carbons (Fsp3) is 0.0417. The monoisotopic (exact) mass is 431 g/mol. The molecule has 0 atom stereocenters. The molecule has 8 heteroatoms. The summed E-state index contributed by atoms with van der Waals surface area (Å²) in [6.45, 7) is 3.59. The zero-order chi connectivity index (χ0) is 22.6. The third kappa shape index (κ3) is 4.75. The highest BCUT2D eigenvalue weighted by Gasteiger charge is 2.29. The molecule has 0 heterocycles. The maximum absolute atomic E-state index is 12.6. The molecule has 0 bridgehead atoms. The Morgan fingerprint density at radius 2 is 0.969 bits per heavy atom. The molecule has 4 rings (SSSR count). The number of fused-ring (bicyclic) bond motifs is 1.